The summed E-state index contributed by atoms with van der Waals surface area (Å²) in [5.74, 6) is -0.937. The van der Waals surface area contributed by atoms with E-state index in [-0.39, 0.29) is 11.7 Å². The molecule has 1 atom stereocenters. The molecular weight excluding hydrogens is 158 g/mol. The molecule has 1 unspecified atom stereocenters. The van der Waals surface area contributed by atoms with E-state index < -0.39 is 5.97 Å². The smallest absolute Gasteiger partial charge is 0.353 e. The van der Waals surface area contributed by atoms with Crippen molar-refractivity contribution in [2.24, 2.45) is 4.99 Å². The summed E-state index contributed by atoms with van der Waals surface area (Å²) < 4.78 is 0. The number of nitrogens with one attached hydrogen (secondary N) is 2. The maximum absolute atomic E-state index is 10.6. The van der Waals surface area contributed by atoms with Crippen LogP contribution in [0.1, 0.15) is 6.42 Å². The lowest BCUT2D eigenvalue weighted by Gasteiger charge is -2.13. The highest BCUT2D eigenvalue weighted by atomic mass is 16.4. The topological polar surface area (TPSA) is 73.7 Å². The van der Waals surface area contributed by atoms with Crippen LogP contribution in [0, 0.1) is 0 Å². The van der Waals surface area contributed by atoms with Gasteiger partial charge in [0.2, 0.25) is 0 Å². The largest absolute Gasteiger partial charge is 0.477 e. The molecule has 0 spiro atoms. The van der Waals surface area contributed by atoms with Crippen LogP contribution in [0.3, 0.4) is 0 Å². The lowest BCUT2D eigenvalue weighted by molar-refractivity contribution is -0.133. The Labute approximate surface area is 69.1 Å². The van der Waals surface area contributed by atoms with Gasteiger partial charge < -0.3 is 10.5 Å². The molecule has 5 nitrogen and oxygen atoms in total. The van der Waals surface area contributed by atoms with Gasteiger partial charge in [0.25, 0.3) is 0 Å². The van der Waals surface area contributed by atoms with E-state index in [1.165, 1.54) is 0 Å². The van der Waals surface area contributed by atoms with Crippen LogP contribution in [-0.4, -0.2) is 29.9 Å². The molecule has 3 N–H and O–H groups in total. The molecule has 0 radical (unpaired) electrons. The SMILES string of the molecule is O=C(O)C1=C2C=NCCC2NN1. The molecule has 0 aromatic carbocycles. The van der Waals surface area contributed by atoms with Crippen molar-refractivity contribution < 1.29 is 9.90 Å². The Balaban J connectivity index is 2.36. The molecule has 2 aliphatic heterocycles. The van der Waals surface area contributed by atoms with E-state index >= 15 is 0 Å². The molecule has 0 bridgehead atoms. The van der Waals surface area contributed by atoms with Gasteiger partial charge in [0.1, 0.15) is 5.70 Å². The summed E-state index contributed by atoms with van der Waals surface area (Å²) in [7, 11) is 0. The van der Waals surface area contributed by atoms with Crippen molar-refractivity contribution in [3.05, 3.63) is 11.3 Å². The van der Waals surface area contributed by atoms with Gasteiger partial charge in [-0.05, 0) is 6.42 Å². The van der Waals surface area contributed by atoms with Crippen molar-refractivity contribution in [2.75, 3.05) is 6.54 Å². The second-order valence-electron chi connectivity index (χ2n) is 2.78. The molecule has 2 aliphatic rings. The Morgan fingerprint density at radius 2 is 2.58 bits per heavy atom. The predicted molar refractivity (Wildman–Crippen MR) is 42.7 cm³/mol. The quantitative estimate of drug-likeness (QED) is 0.481. The molecule has 0 saturated carbocycles. The molecule has 5 heteroatoms. The van der Waals surface area contributed by atoms with Crippen LogP contribution in [-0.2, 0) is 4.79 Å². The van der Waals surface area contributed by atoms with Crippen molar-refractivity contribution in [3.63, 3.8) is 0 Å². The molecule has 0 aromatic rings. The number of carboxylic acids is 1. The van der Waals surface area contributed by atoms with E-state index in [0.717, 1.165) is 18.5 Å². The van der Waals surface area contributed by atoms with Crippen molar-refractivity contribution in [2.45, 2.75) is 12.5 Å². The third-order valence-corrected chi connectivity index (χ3v) is 2.03. The Hall–Kier alpha value is -1.36. The maximum Gasteiger partial charge on any atom is 0.353 e. The maximum atomic E-state index is 10.6. The van der Waals surface area contributed by atoms with E-state index in [2.05, 4.69) is 15.8 Å². The zero-order chi connectivity index (χ0) is 8.55. The number of hydrazine groups is 1. The van der Waals surface area contributed by atoms with Crippen LogP contribution < -0.4 is 10.9 Å². The van der Waals surface area contributed by atoms with Gasteiger partial charge in [0.05, 0.1) is 6.04 Å². The average molecular weight is 167 g/mol. The van der Waals surface area contributed by atoms with Crippen LogP contribution in [0.15, 0.2) is 16.3 Å². The summed E-state index contributed by atoms with van der Waals surface area (Å²) in [6.07, 6.45) is 2.49. The molecule has 0 fully saturated rings. The highest BCUT2D eigenvalue weighted by molar-refractivity contribution is 5.97. The van der Waals surface area contributed by atoms with Gasteiger partial charge in [-0.2, -0.15) is 0 Å². The van der Waals surface area contributed by atoms with Gasteiger partial charge in [-0.15, -0.1) is 0 Å². The zero-order valence-electron chi connectivity index (χ0n) is 6.37. The first-order chi connectivity index (χ1) is 5.79. The van der Waals surface area contributed by atoms with Gasteiger partial charge in [0.15, 0.2) is 0 Å². The average Bonchev–Trinajstić information content (AvgIpc) is 2.47. The van der Waals surface area contributed by atoms with Gasteiger partial charge in [0, 0.05) is 18.3 Å². The van der Waals surface area contributed by atoms with E-state index in [0.29, 0.717) is 0 Å². The fourth-order valence-electron chi connectivity index (χ4n) is 1.41. The molecule has 2 rings (SSSR count). The third-order valence-electron chi connectivity index (χ3n) is 2.03. The third kappa shape index (κ3) is 0.984. The Kier molecular flexibility index (Phi) is 1.58. The number of carboxylic acid groups (broad SMARTS) is 1. The second-order valence-corrected chi connectivity index (χ2v) is 2.78. The number of aliphatic imine (C=N–C) groups is 1. The summed E-state index contributed by atoms with van der Waals surface area (Å²) in [4.78, 5) is 14.7. The first-order valence-corrected chi connectivity index (χ1v) is 3.78. The first kappa shape index (κ1) is 7.30. The van der Waals surface area contributed by atoms with Crippen LogP contribution >= 0.6 is 0 Å². The fourth-order valence-corrected chi connectivity index (χ4v) is 1.41. The summed E-state index contributed by atoms with van der Waals surface area (Å²) in [5, 5.41) is 8.73. The minimum Gasteiger partial charge on any atom is -0.477 e. The number of carbonyl (C=O) groups is 1. The minimum absolute atomic E-state index is 0.119. The van der Waals surface area contributed by atoms with Crippen molar-refractivity contribution in [3.8, 4) is 0 Å². The normalized spacial score (nSPS) is 26.8. The summed E-state index contributed by atoms with van der Waals surface area (Å²) in [5.41, 5.74) is 6.51. The van der Waals surface area contributed by atoms with Crippen LogP contribution in [0.2, 0.25) is 0 Å². The number of rotatable bonds is 1. The molecule has 0 aliphatic carbocycles. The van der Waals surface area contributed by atoms with Crippen LogP contribution in [0.5, 0.6) is 0 Å². The number of hydrogen-bond acceptors (Lipinski definition) is 4. The van der Waals surface area contributed by atoms with Crippen molar-refractivity contribution >= 4 is 12.2 Å². The summed E-state index contributed by atoms with van der Waals surface area (Å²) >= 11 is 0. The predicted octanol–water partition coefficient (Wildman–Crippen LogP) is -0.724. The van der Waals surface area contributed by atoms with Crippen LogP contribution in [0.4, 0.5) is 0 Å². The standard InChI is InChI=1S/C7H9N3O2/c11-7(12)6-4-3-8-2-1-5(4)9-10-6/h3,5,9-10H,1-2H2,(H,11,12). The summed E-state index contributed by atoms with van der Waals surface area (Å²) in [6.45, 7) is 0.760. The molecule has 0 saturated heterocycles. The minimum atomic E-state index is -0.937. The highest BCUT2D eigenvalue weighted by Crippen LogP contribution is 2.17. The number of nitrogens with zero attached hydrogens (tertiary/aromatic N) is 1. The lowest BCUT2D eigenvalue weighted by atomic mass is 10.0. The molecule has 64 valence electrons. The first-order valence-electron chi connectivity index (χ1n) is 3.78. The second kappa shape index (κ2) is 2.60. The number of fused-ring (bicyclic) bond motifs is 1. The number of aliphatic carboxylic acids is 1. The Morgan fingerprint density at radius 1 is 1.75 bits per heavy atom. The monoisotopic (exact) mass is 167 g/mol. The Bertz CT molecular complexity index is 282. The Morgan fingerprint density at radius 3 is 3.33 bits per heavy atom. The van der Waals surface area contributed by atoms with E-state index in [9.17, 15) is 4.79 Å². The van der Waals surface area contributed by atoms with Gasteiger partial charge in [-0.3, -0.25) is 4.99 Å². The molecule has 12 heavy (non-hydrogen) atoms. The molecule has 0 amide bonds. The van der Waals surface area contributed by atoms with Gasteiger partial charge in [-0.1, -0.05) is 0 Å². The molecule has 2 heterocycles. The van der Waals surface area contributed by atoms with Crippen LogP contribution in [0.25, 0.3) is 0 Å². The lowest BCUT2D eigenvalue weighted by Crippen LogP contribution is -2.35. The van der Waals surface area contributed by atoms with E-state index in [4.69, 9.17) is 5.11 Å². The van der Waals surface area contributed by atoms with Gasteiger partial charge in [-0.25, -0.2) is 10.2 Å². The van der Waals surface area contributed by atoms with Crippen molar-refractivity contribution in [1.82, 2.24) is 10.9 Å². The van der Waals surface area contributed by atoms with E-state index in [1.807, 2.05) is 0 Å². The fraction of sp³-hybridized carbons (Fsp3) is 0.429. The van der Waals surface area contributed by atoms with E-state index in [1.54, 1.807) is 6.21 Å². The molecule has 0 aromatic heterocycles. The van der Waals surface area contributed by atoms with Crippen molar-refractivity contribution in [1.29, 1.82) is 0 Å². The highest BCUT2D eigenvalue weighted by Gasteiger charge is 2.28. The summed E-state index contributed by atoms with van der Waals surface area (Å²) in [6, 6.07) is 0.119. The number of hydrogen-bond donors (Lipinski definition) is 3. The van der Waals surface area contributed by atoms with Gasteiger partial charge >= 0.3 is 5.97 Å². The zero-order valence-corrected chi connectivity index (χ0v) is 6.37. The molecular formula is C7H9N3O2.